The SMILES string of the molecule is CCCCCCCCCCCCCCCNC=CCN. The predicted octanol–water partition coefficient (Wildman–Crippen LogP) is 5.14. The highest BCUT2D eigenvalue weighted by molar-refractivity contribution is 4.79. The number of nitrogens with one attached hydrogen (secondary N) is 1. The zero-order valence-electron chi connectivity index (χ0n) is 13.8. The minimum atomic E-state index is 0.631. The number of hydrogen-bond acceptors (Lipinski definition) is 2. The van der Waals surface area contributed by atoms with Crippen LogP contribution in [0.2, 0.25) is 0 Å². The van der Waals surface area contributed by atoms with Crippen molar-refractivity contribution in [3.05, 3.63) is 12.3 Å². The van der Waals surface area contributed by atoms with Crippen LogP contribution in [0, 0.1) is 0 Å². The van der Waals surface area contributed by atoms with E-state index in [1.165, 1.54) is 83.5 Å². The van der Waals surface area contributed by atoms with Crippen LogP contribution in [0.25, 0.3) is 0 Å². The molecule has 0 rings (SSSR count). The molecule has 2 nitrogen and oxygen atoms in total. The van der Waals surface area contributed by atoms with E-state index < -0.39 is 0 Å². The second kappa shape index (κ2) is 18.5. The molecule has 0 amide bonds. The van der Waals surface area contributed by atoms with Gasteiger partial charge in [0.25, 0.3) is 0 Å². The van der Waals surface area contributed by atoms with Gasteiger partial charge in [-0.25, -0.2) is 0 Å². The van der Waals surface area contributed by atoms with Crippen LogP contribution in [0.15, 0.2) is 12.3 Å². The van der Waals surface area contributed by atoms with Gasteiger partial charge in [0.1, 0.15) is 0 Å². The van der Waals surface area contributed by atoms with Crippen molar-refractivity contribution in [3.8, 4) is 0 Å². The monoisotopic (exact) mass is 282 g/mol. The Kier molecular flexibility index (Phi) is 18.0. The summed E-state index contributed by atoms with van der Waals surface area (Å²) < 4.78 is 0. The molecule has 0 bridgehead atoms. The highest BCUT2D eigenvalue weighted by Crippen LogP contribution is 2.12. The number of rotatable bonds is 16. The summed E-state index contributed by atoms with van der Waals surface area (Å²) in [6.07, 6.45) is 22.4. The smallest absolute Gasteiger partial charge is 0.0141 e. The van der Waals surface area contributed by atoms with Gasteiger partial charge in [0, 0.05) is 13.1 Å². The Morgan fingerprint density at radius 3 is 1.60 bits per heavy atom. The maximum absolute atomic E-state index is 5.36. The highest BCUT2D eigenvalue weighted by atomic mass is 14.8. The largest absolute Gasteiger partial charge is 0.391 e. The first-order valence-corrected chi connectivity index (χ1v) is 9.00. The van der Waals surface area contributed by atoms with Crippen LogP contribution in [0.5, 0.6) is 0 Å². The van der Waals surface area contributed by atoms with Crippen molar-refractivity contribution in [1.82, 2.24) is 5.32 Å². The van der Waals surface area contributed by atoms with E-state index in [0.717, 1.165) is 6.54 Å². The molecule has 0 radical (unpaired) electrons. The van der Waals surface area contributed by atoms with Crippen molar-refractivity contribution in [2.24, 2.45) is 5.73 Å². The first kappa shape index (κ1) is 19.5. The lowest BCUT2D eigenvalue weighted by atomic mass is 10.0. The van der Waals surface area contributed by atoms with Crippen LogP contribution in [0.3, 0.4) is 0 Å². The Bertz CT molecular complexity index is 190. The molecule has 3 N–H and O–H groups in total. The van der Waals surface area contributed by atoms with Crippen LogP contribution in [-0.4, -0.2) is 13.1 Å². The van der Waals surface area contributed by atoms with Gasteiger partial charge in [-0.2, -0.15) is 0 Å². The third-order valence-electron chi connectivity index (χ3n) is 3.80. The molecule has 0 saturated heterocycles. The van der Waals surface area contributed by atoms with Crippen molar-refractivity contribution in [2.75, 3.05) is 13.1 Å². The molecule has 2 heteroatoms. The van der Waals surface area contributed by atoms with Gasteiger partial charge in [-0.05, 0) is 12.6 Å². The summed E-state index contributed by atoms with van der Waals surface area (Å²) in [5.41, 5.74) is 5.36. The first-order chi connectivity index (χ1) is 9.91. The molecule has 20 heavy (non-hydrogen) atoms. The summed E-state index contributed by atoms with van der Waals surface area (Å²) in [4.78, 5) is 0. The predicted molar refractivity (Wildman–Crippen MR) is 91.9 cm³/mol. The van der Waals surface area contributed by atoms with Crippen molar-refractivity contribution in [1.29, 1.82) is 0 Å². The molecular formula is C18H38N2. The fourth-order valence-corrected chi connectivity index (χ4v) is 2.48. The van der Waals surface area contributed by atoms with Crippen molar-refractivity contribution < 1.29 is 0 Å². The van der Waals surface area contributed by atoms with E-state index in [4.69, 9.17) is 5.73 Å². The van der Waals surface area contributed by atoms with Crippen molar-refractivity contribution in [3.63, 3.8) is 0 Å². The summed E-state index contributed by atoms with van der Waals surface area (Å²) in [5.74, 6) is 0. The minimum absolute atomic E-state index is 0.631. The number of hydrogen-bond donors (Lipinski definition) is 2. The molecule has 0 aliphatic heterocycles. The van der Waals surface area contributed by atoms with Crippen LogP contribution >= 0.6 is 0 Å². The highest BCUT2D eigenvalue weighted by Gasteiger charge is 1.93. The summed E-state index contributed by atoms with van der Waals surface area (Å²) in [5, 5.41) is 3.27. The van der Waals surface area contributed by atoms with Crippen molar-refractivity contribution >= 4 is 0 Å². The fourth-order valence-electron chi connectivity index (χ4n) is 2.48. The van der Waals surface area contributed by atoms with Gasteiger partial charge in [-0.1, -0.05) is 90.0 Å². The van der Waals surface area contributed by atoms with Gasteiger partial charge in [0.05, 0.1) is 0 Å². The van der Waals surface area contributed by atoms with Crippen LogP contribution in [-0.2, 0) is 0 Å². The Balaban J connectivity index is 2.94. The number of nitrogens with two attached hydrogens (primary N) is 1. The molecule has 0 atom stereocenters. The normalized spacial score (nSPS) is 11.3. The molecule has 120 valence electrons. The first-order valence-electron chi connectivity index (χ1n) is 9.00. The van der Waals surface area contributed by atoms with E-state index in [9.17, 15) is 0 Å². The summed E-state index contributed by atoms with van der Waals surface area (Å²) in [6, 6.07) is 0. The molecular weight excluding hydrogens is 244 g/mol. The molecule has 0 aromatic heterocycles. The van der Waals surface area contributed by atoms with E-state index >= 15 is 0 Å². The van der Waals surface area contributed by atoms with E-state index in [2.05, 4.69) is 12.2 Å². The lowest BCUT2D eigenvalue weighted by molar-refractivity contribution is 0.538. The molecule has 0 aromatic rings. The Labute approximate surface area is 127 Å². The summed E-state index contributed by atoms with van der Waals surface area (Å²) in [6.45, 7) is 4.01. The molecule has 0 aliphatic carbocycles. The van der Waals surface area contributed by atoms with Crippen molar-refractivity contribution in [2.45, 2.75) is 90.4 Å². The van der Waals surface area contributed by atoms with E-state index in [1.54, 1.807) is 0 Å². The quantitative estimate of drug-likeness (QED) is 0.385. The average molecular weight is 283 g/mol. The van der Waals surface area contributed by atoms with E-state index in [-0.39, 0.29) is 0 Å². The van der Waals surface area contributed by atoms with Gasteiger partial charge in [0.15, 0.2) is 0 Å². The Morgan fingerprint density at radius 2 is 1.15 bits per heavy atom. The van der Waals surface area contributed by atoms with Crippen LogP contribution in [0.4, 0.5) is 0 Å². The molecule has 0 spiro atoms. The Morgan fingerprint density at radius 1 is 0.700 bits per heavy atom. The lowest BCUT2D eigenvalue weighted by Crippen LogP contribution is -2.07. The second-order valence-electron chi connectivity index (χ2n) is 5.83. The molecule has 0 aliphatic rings. The molecule has 0 aromatic carbocycles. The average Bonchev–Trinajstić information content (AvgIpc) is 2.47. The third-order valence-corrected chi connectivity index (χ3v) is 3.80. The van der Waals surface area contributed by atoms with Gasteiger partial charge in [-0.15, -0.1) is 0 Å². The van der Waals surface area contributed by atoms with Crippen LogP contribution in [0.1, 0.15) is 90.4 Å². The van der Waals surface area contributed by atoms with Gasteiger partial charge in [0.2, 0.25) is 0 Å². The second-order valence-corrected chi connectivity index (χ2v) is 5.83. The number of unbranched alkanes of at least 4 members (excludes halogenated alkanes) is 12. The molecule has 0 heterocycles. The van der Waals surface area contributed by atoms with Crippen LogP contribution < -0.4 is 11.1 Å². The maximum atomic E-state index is 5.36. The fraction of sp³-hybridized carbons (Fsp3) is 0.889. The summed E-state index contributed by atoms with van der Waals surface area (Å²) in [7, 11) is 0. The molecule has 0 saturated carbocycles. The Hall–Kier alpha value is -0.500. The lowest BCUT2D eigenvalue weighted by Gasteiger charge is -2.03. The molecule has 0 fully saturated rings. The maximum Gasteiger partial charge on any atom is 0.0141 e. The van der Waals surface area contributed by atoms with Gasteiger partial charge < -0.3 is 11.1 Å². The van der Waals surface area contributed by atoms with Gasteiger partial charge >= 0.3 is 0 Å². The standard InChI is InChI=1S/C18H38N2/c1-2-3-4-5-6-7-8-9-10-11-12-13-14-17-20-18-15-16-19/h15,18,20H,2-14,16-17,19H2,1H3. The zero-order valence-corrected chi connectivity index (χ0v) is 13.8. The topological polar surface area (TPSA) is 38.0 Å². The zero-order chi connectivity index (χ0) is 14.7. The minimum Gasteiger partial charge on any atom is -0.391 e. The third kappa shape index (κ3) is 17.5. The summed E-state index contributed by atoms with van der Waals surface area (Å²) >= 11 is 0. The van der Waals surface area contributed by atoms with Gasteiger partial charge in [-0.3, -0.25) is 0 Å². The molecule has 0 unspecified atom stereocenters. The van der Waals surface area contributed by atoms with E-state index in [0.29, 0.717) is 6.54 Å². The van der Waals surface area contributed by atoms with E-state index in [1.807, 2.05) is 12.3 Å².